The Kier molecular flexibility index (Phi) is 32.5. The van der Waals surface area contributed by atoms with E-state index in [1.54, 1.807) is 0 Å². The van der Waals surface area contributed by atoms with E-state index in [1.807, 2.05) is 0 Å². The first-order chi connectivity index (χ1) is 12.5. The molecule has 0 aliphatic rings. The van der Waals surface area contributed by atoms with E-state index >= 15 is 0 Å². The molecule has 0 spiro atoms. The number of nitrogens with zero attached hydrogens (tertiary/aromatic N) is 3. The van der Waals surface area contributed by atoms with Gasteiger partial charge in [0.15, 0.2) is 0 Å². The van der Waals surface area contributed by atoms with Crippen molar-refractivity contribution in [3.63, 3.8) is 0 Å². The largest absolute Gasteiger partial charge is 1.00 e. The molecule has 0 saturated carbocycles. The Morgan fingerprint density at radius 1 is 0.452 bits per heavy atom. The topological polar surface area (TPSA) is 196 Å². The molecule has 0 aromatic rings. The summed E-state index contributed by atoms with van der Waals surface area (Å²) in [5.74, 6) is -6.16. The van der Waals surface area contributed by atoms with Crippen LogP contribution in [0.2, 0.25) is 0 Å². The second-order valence-electron chi connectivity index (χ2n) is 5.67. The molecule has 31 heavy (non-hydrogen) atoms. The summed E-state index contributed by atoms with van der Waals surface area (Å²) in [6.07, 6.45) is 0. The maximum Gasteiger partial charge on any atom is 1.00 e. The minimum absolute atomic E-state index is 0. The van der Waals surface area contributed by atoms with Crippen molar-refractivity contribution < 1.29 is 162 Å². The Hall–Kier alpha value is 0.853. The minimum Gasteiger partial charge on any atom is -1.00 e. The fourth-order valence-electron chi connectivity index (χ4n) is 2.22. The molecule has 0 bridgehead atoms. The van der Waals surface area contributed by atoms with Crippen molar-refractivity contribution >= 4 is 29.8 Å². The fourth-order valence-corrected chi connectivity index (χ4v) is 2.22. The molecule has 13 nitrogen and oxygen atoms in total. The summed E-state index contributed by atoms with van der Waals surface area (Å²) >= 11 is 0. The third-order valence-electron chi connectivity index (χ3n) is 3.26. The van der Waals surface area contributed by atoms with Gasteiger partial charge < -0.3 is 29.8 Å². The van der Waals surface area contributed by atoms with Gasteiger partial charge in [-0.1, -0.05) is 0 Å². The van der Waals surface area contributed by atoms with Gasteiger partial charge >= 0.3 is 119 Å². The van der Waals surface area contributed by atoms with Crippen molar-refractivity contribution in [1.29, 1.82) is 0 Å². The van der Waals surface area contributed by atoms with E-state index in [1.165, 1.54) is 4.90 Å². The van der Waals surface area contributed by atoms with E-state index in [0.29, 0.717) is 0 Å². The Bertz CT molecular complexity index is 516. The Labute approximate surface area is 262 Å². The van der Waals surface area contributed by atoms with Gasteiger partial charge in [0.2, 0.25) is 0 Å². The monoisotopic (exact) mass is 529 g/mol. The van der Waals surface area contributed by atoms with Crippen LogP contribution in [0.1, 0.15) is 4.28 Å². The number of carbonyl (C=O) groups is 5. The van der Waals surface area contributed by atoms with Crippen LogP contribution in [0.25, 0.3) is 0 Å². The summed E-state index contributed by atoms with van der Waals surface area (Å²) in [5.41, 5.74) is 0. The van der Waals surface area contributed by atoms with Crippen molar-refractivity contribution in [3.05, 3.63) is 0 Å². The van der Waals surface area contributed by atoms with Crippen LogP contribution >= 0.6 is 0 Å². The van der Waals surface area contributed by atoms with Gasteiger partial charge in [0.25, 0.3) is 0 Å². The van der Waals surface area contributed by atoms with Crippen LogP contribution in [0, 0.1) is 0 Å². The van der Waals surface area contributed by atoms with Crippen LogP contribution in [0.5, 0.6) is 0 Å². The summed E-state index contributed by atoms with van der Waals surface area (Å²) < 4.78 is 0. The predicted molar refractivity (Wildman–Crippen MR) is 90.8 cm³/mol. The van der Waals surface area contributed by atoms with Crippen molar-refractivity contribution in [2.24, 2.45) is 0 Å². The predicted octanol–water partition coefficient (Wildman–Crippen LogP) is -11.3. The maximum absolute atomic E-state index is 11.0. The second kappa shape index (κ2) is 24.0. The molecule has 0 heterocycles. The number of aliphatic carboxylic acids is 5. The van der Waals surface area contributed by atoms with Crippen LogP contribution in [0.15, 0.2) is 0 Å². The Morgan fingerprint density at radius 3 is 0.806 bits per heavy atom. The van der Waals surface area contributed by atoms with E-state index < -0.39 is 62.6 Å². The van der Waals surface area contributed by atoms with Gasteiger partial charge in [-0.25, -0.2) is 0 Å². The van der Waals surface area contributed by atoms with Crippen molar-refractivity contribution in [2.45, 2.75) is 0 Å². The molecule has 0 aliphatic heterocycles. The molecule has 0 aliphatic carbocycles. The second-order valence-corrected chi connectivity index (χ2v) is 5.67. The molecule has 0 radical (unpaired) electrons. The number of carboxylic acid groups (broad SMARTS) is 5. The molecular formula is C14H26N3Na3O10Zn. The van der Waals surface area contributed by atoms with Crippen LogP contribution in [0.3, 0.4) is 0 Å². The van der Waals surface area contributed by atoms with Crippen molar-refractivity contribution in [1.82, 2.24) is 14.7 Å². The SMILES string of the molecule is O=C(O)CN(CCN(CC(=O)O)CC(=O)O)CCN(CC(=O)O)CC(=O)O.[H-].[H-].[H-].[Na+].[Na+].[Na+].[Zn]. The smallest absolute Gasteiger partial charge is 1.00 e. The average molecular weight is 531 g/mol. The molecule has 162 valence electrons. The summed E-state index contributed by atoms with van der Waals surface area (Å²) in [4.78, 5) is 57.6. The molecule has 0 unspecified atom stereocenters. The van der Waals surface area contributed by atoms with Crippen LogP contribution in [0.4, 0.5) is 0 Å². The molecule has 0 aromatic carbocycles. The number of hydrogen-bond donors (Lipinski definition) is 5. The first kappa shape index (κ1) is 42.0. The van der Waals surface area contributed by atoms with Gasteiger partial charge in [-0.3, -0.25) is 38.7 Å². The molecule has 0 aromatic heterocycles. The van der Waals surface area contributed by atoms with E-state index in [9.17, 15) is 24.0 Å². The summed E-state index contributed by atoms with van der Waals surface area (Å²) in [6, 6.07) is 0. The zero-order valence-corrected chi connectivity index (χ0v) is 27.2. The van der Waals surface area contributed by atoms with Gasteiger partial charge in [-0.2, -0.15) is 0 Å². The molecular weight excluding hydrogens is 505 g/mol. The number of hydrogen-bond acceptors (Lipinski definition) is 8. The average Bonchev–Trinajstić information content (AvgIpc) is 2.46. The van der Waals surface area contributed by atoms with E-state index in [0.717, 1.165) is 9.80 Å². The molecule has 0 rings (SSSR count). The van der Waals surface area contributed by atoms with Crippen LogP contribution < -0.4 is 88.7 Å². The van der Waals surface area contributed by atoms with Gasteiger partial charge in [0.1, 0.15) is 0 Å². The standard InChI is InChI=1S/C14H23N3O10.3Na.Zn.3H/c18-10(19)5-15(1-3-16(6-11(20)21)7-12(22)23)2-4-17(8-13(24)25)9-14(26)27;;;;;;;/h1-9H2,(H,18,19)(H,20,21)(H,22,23)(H,24,25)(H,26,27);;;;;;;/q;3*+1;;3*-1. The number of rotatable bonds is 16. The summed E-state index contributed by atoms with van der Waals surface area (Å²) in [6.45, 7) is -2.74. The van der Waals surface area contributed by atoms with E-state index in [4.69, 9.17) is 25.5 Å². The maximum atomic E-state index is 11.0. The molecule has 0 saturated heterocycles. The zero-order chi connectivity index (χ0) is 21.0. The number of carboxylic acids is 5. The molecule has 0 atom stereocenters. The van der Waals surface area contributed by atoms with Gasteiger partial charge in [-0.15, -0.1) is 0 Å². The normalized spacial score (nSPS) is 9.65. The Morgan fingerprint density at radius 2 is 0.613 bits per heavy atom. The molecule has 0 fully saturated rings. The first-order valence-electron chi connectivity index (χ1n) is 7.75. The first-order valence-corrected chi connectivity index (χ1v) is 7.75. The minimum atomic E-state index is -1.24. The Balaban J connectivity index is -0.000000161. The molecule has 17 heteroatoms. The van der Waals surface area contributed by atoms with Crippen molar-refractivity contribution in [3.8, 4) is 0 Å². The van der Waals surface area contributed by atoms with Crippen LogP contribution in [-0.2, 0) is 43.5 Å². The van der Waals surface area contributed by atoms with Crippen LogP contribution in [-0.4, -0.2) is 129 Å². The molecule has 0 amide bonds. The van der Waals surface area contributed by atoms with Crippen molar-refractivity contribution in [2.75, 3.05) is 58.9 Å². The zero-order valence-electron chi connectivity index (χ0n) is 21.2. The van der Waals surface area contributed by atoms with Gasteiger partial charge in [0.05, 0.1) is 32.7 Å². The van der Waals surface area contributed by atoms with Gasteiger partial charge in [0, 0.05) is 45.7 Å². The quantitative estimate of drug-likeness (QED) is 0.118. The summed E-state index contributed by atoms with van der Waals surface area (Å²) in [7, 11) is 0. The third-order valence-corrected chi connectivity index (χ3v) is 3.26. The molecule has 5 N–H and O–H groups in total. The van der Waals surface area contributed by atoms with E-state index in [-0.39, 0.29) is 139 Å². The third kappa shape index (κ3) is 27.0. The fraction of sp³-hybridized carbons (Fsp3) is 0.643. The van der Waals surface area contributed by atoms with Gasteiger partial charge in [-0.05, 0) is 0 Å². The summed E-state index contributed by atoms with van der Waals surface area (Å²) in [5, 5.41) is 44.1. The van der Waals surface area contributed by atoms with E-state index in [2.05, 4.69) is 0 Å².